The fourth-order valence-corrected chi connectivity index (χ4v) is 2.32. The first-order chi connectivity index (χ1) is 12.2. The maximum Gasteiger partial charge on any atom is 0.141 e. The van der Waals surface area contributed by atoms with Gasteiger partial charge in [-0.05, 0) is 29.7 Å². The zero-order valence-corrected chi connectivity index (χ0v) is 15.3. The zero-order chi connectivity index (χ0) is 19.3. The average Bonchev–Trinajstić information content (AvgIpc) is 2.60. The summed E-state index contributed by atoms with van der Waals surface area (Å²) in [5, 5.41) is 9.20. The molecule has 0 amide bonds. The number of nitrogens with two attached hydrogens (primary N) is 3. The lowest BCUT2D eigenvalue weighted by Gasteiger charge is -2.15. The fourth-order valence-electron chi connectivity index (χ4n) is 2.32. The minimum Gasteiger partial charge on any atom is -0.404 e. The third-order valence-electron chi connectivity index (χ3n) is 3.66. The summed E-state index contributed by atoms with van der Waals surface area (Å²) >= 11 is 0. The van der Waals surface area contributed by atoms with Gasteiger partial charge < -0.3 is 17.2 Å². The molecule has 26 heavy (non-hydrogen) atoms. The SMILES string of the molecule is CC(C)(C)CN=CC(=CN)c1ccc(C#N)nc1-c1ccc(N)c(N)c1. The Kier molecular flexibility index (Phi) is 5.63. The van der Waals surface area contributed by atoms with Crippen LogP contribution in [-0.4, -0.2) is 17.7 Å². The Bertz CT molecular complexity index is 897. The van der Waals surface area contributed by atoms with Crippen molar-refractivity contribution in [2.45, 2.75) is 20.8 Å². The van der Waals surface area contributed by atoms with Crippen LogP contribution in [0.4, 0.5) is 11.4 Å². The topological polar surface area (TPSA) is 127 Å². The summed E-state index contributed by atoms with van der Waals surface area (Å²) < 4.78 is 0. The highest BCUT2D eigenvalue weighted by Gasteiger charge is 2.13. The summed E-state index contributed by atoms with van der Waals surface area (Å²) in [7, 11) is 0. The van der Waals surface area contributed by atoms with Crippen LogP contribution < -0.4 is 17.2 Å². The largest absolute Gasteiger partial charge is 0.404 e. The van der Waals surface area contributed by atoms with Gasteiger partial charge in [0.2, 0.25) is 0 Å². The van der Waals surface area contributed by atoms with Crippen LogP contribution in [0.3, 0.4) is 0 Å². The summed E-state index contributed by atoms with van der Waals surface area (Å²) in [6, 6.07) is 10.8. The Labute approximate surface area is 154 Å². The van der Waals surface area contributed by atoms with Crippen LogP contribution in [0.2, 0.25) is 0 Å². The molecule has 0 aliphatic rings. The van der Waals surface area contributed by atoms with Crippen LogP contribution >= 0.6 is 0 Å². The van der Waals surface area contributed by atoms with Gasteiger partial charge in [-0.2, -0.15) is 5.26 Å². The molecule has 1 aromatic carbocycles. The molecule has 6 N–H and O–H groups in total. The number of nitrogens with zero attached hydrogens (tertiary/aromatic N) is 3. The Hall–Kier alpha value is -3.33. The highest BCUT2D eigenvalue weighted by molar-refractivity contribution is 6.11. The van der Waals surface area contributed by atoms with Crippen LogP contribution in [-0.2, 0) is 0 Å². The van der Waals surface area contributed by atoms with Gasteiger partial charge in [0, 0.05) is 35.7 Å². The van der Waals surface area contributed by atoms with Gasteiger partial charge in [-0.1, -0.05) is 26.8 Å². The molecule has 0 fully saturated rings. The van der Waals surface area contributed by atoms with Crippen LogP contribution in [0.1, 0.15) is 32.0 Å². The Morgan fingerprint density at radius 3 is 2.50 bits per heavy atom. The second-order valence-corrected chi connectivity index (χ2v) is 7.20. The maximum atomic E-state index is 9.20. The van der Waals surface area contributed by atoms with E-state index in [2.05, 4.69) is 36.8 Å². The maximum absolute atomic E-state index is 9.20. The number of anilines is 2. The number of nitriles is 1. The minimum atomic E-state index is 0.0767. The molecule has 2 aromatic rings. The van der Waals surface area contributed by atoms with E-state index in [1.54, 1.807) is 24.4 Å². The third kappa shape index (κ3) is 4.61. The van der Waals surface area contributed by atoms with Gasteiger partial charge in [-0.15, -0.1) is 0 Å². The molecule has 6 nitrogen and oxygen atoms in total. The lowest BCUT2D eigenvalue weighted by molar-refractivity contribution is 0.430. The first kappa shape index (κ1) is 19.0. The number of aromatic nitrogens is 1. The molecule has 0 radical (unpaired) electrons. The van der Waals surface area contributed by atoms with E-state index >= 15 is 0 Å². The van der Waals surface area contributed by atoms with E-state index in [1.165, 1.54) is 6.20 Å². The van der Waals surface area contributed by atoms with Crippen molar-refractivity contribution in [1.29, 1.82) is 5.26 Å². The summed E-state index contributed by atoms with van der Waals surface area (Å²) in [5.74, 6) is 0. The smallest absolute Gasteiger partial charge is 0.141 e. The second kappa shape index (κ2) is 7.70. The molecule has 1 heterocycles. The molecule has 0 saturated carbocycles. The molecular weight excluding hydrogens is 324 g/mol. The van der Waals surface area contributed by atoms with Crippen molar-refractivity contribution in [2.75, 3.05) is 18.0 Å². The summed E-state index contributed by atoms with van der Waals surface area (Å²) in [5.41, 5.74) is 21.8. The number of allylic oxidation sites excluding steroid dienone is 1. The average molecular weight is 348 g/mol. The van der Waals surface area contributed by atoms with Gasteiger partial charge in [0.05, 0.1) is 17.1 Å². The lowest BCUT2D eigenvalue weighted by atomic mass is 9.97. The summed E-state index contributed by atoms with van der Waals surface area (Å²) in [4.78, 5) is 8.93. The highest BCUT2D eigenvalue weighted by atomic mass is 14.7. The van der Waals surface area contributed by atoms with Crippen molar-refractivity contribution in [3.63, 3.8) is 0 Å². The standard InChI is InChI=1S/C20H24N6/c1-20(2,3)12-25-11-14(9-21)16-6-5-15(10-22)26-19(16)13-4-7-17(23)18(24)8-13/h4-9,11H,12,21,23-24H2,1-3H3. The van der Waals surface area contributed by atoms with Crippen molar-refractivity contribution in [3.8, 4) is 17.3 Å². The van der Waals surface area contributed by atoms with Crippen LogP contribution in [0.5, 0.6) is 0 Å². The molecule has 0 atom stereocenters. The third-order valence-corrected chi connectivity index (χ3v) is 3.66. The van der Waals surface area contributed by atoms with Crippen LogP contribution in [0, 0.1) is 16.7 Å². The van der Waals surface area contributed by atoms with Crippen LogP contribution in [0.15, 0.2) is 41.5 Å². The molecule has 0 spiro atoms. The predicted octanol–water partition coefficient (Wildman–Crippen LogP) is 3.20. The number of benzene rings is 1. The predicted molar refractivity (Wildman–Crippen MR) is 108 cm³/mol. The number of rotatable bonds is 4. The number of hydrogen-bond acceptors (Lipinski definition) is 6. The highest BCUT2D eigenvalue weighted by Crippen LogP contribution is 2.30. The number of nitrogen functional groups attached to an aromatic ring is 2. The van der Waals surface area contributed by atoms with Gasteiger partial charge in [0.1, 0.15) is 11.8 Å². The van der Waals surface area contributed by atoms with Crippen molar-refractivity contribution >= 4 is 23.2 Å². The Morgan fingerprint density at radius 2 is 1.92 bits per heavy atom. The first-order valence-corrected chi connectivity index (χ1v) is 8.24. The minimum absolute atomic E-state index is 0.0767. The number of hydrogen-bond donors (Lipinski definition) is 3. The lowest BCUT2D eigenvalue weighted by Crippen LogP contribution is -2.09. The Balaban J connectivity index is 2.54. The fraction of sp³-hybridized carbons (Fsp3) is 0.250. The quantitative estimate of drug-likeness (QED) is 0.577. The van der Waals surface area contributed by atoms with Gasteiger partial charge in [0.15, 0.2) is 0 Å². The van der Waals surface area contributed by atoms with Gasteiger partial charge in [0.25, 0.3) is 0 Å². The van der Waals surface area contributed by atoms with Crippen molar-refractivity contribution in [2.24, 2.45) is 16.1 Å². The van der Waals surface area contributed by atoms with E-state index in [0.29, 0.717) is 29.3 Å². The second-order valence-electron chi connectivity index (χ2n) is 7.20. The van der Waals surface area contributed by atoms with E-state index in [-0.39, 0.29) is 5.41 Å². The molecule has 0 aliphatic carbocycles. The zero-order valence-electron chi connectivity index (χ0n) is 15.3. The van der Waals surface area contributed by atoms with E-state index in [0.717, 1.165) is 16.7 Å². The molecule has 6 heteroatoms. The number of aliphatic imine (C=N–C) groups is 1. The van der Waals surface area contributed by atoms with Gasteiger partial charge in [-0.25, -0.2) is 4.98 Å². The Morgan fingerprint density at radius 1 is 1.19 bits per heavy atom. The van der Waals surface area contributed by atoms with Crippen molar-refractivity contribution in [3.05, 3.63) is 47.8 Å². The summed E-state index contributed by atoms with van der Waals surface area (Å²) in [6.45, 7) is 7.00. The van der Waals surface area contributed by atoms with E-state index in [4.69, 9.17) is 17.2 Å². The van der Waals surface area contributed by atoms with E-state index < -0.39 is 0 Å². The molecule has 2 rings (SSSR count). The van der Waals surface area contributed by atoms with Crippen molar-refractivity contribution < 1.29 is 0 Å². The summed E-state index contributed by atoms with van der Waals surface area (Å²) in [6.07, 6.45) is 3.22. The van der Waals surface area contributed by atoms with E-state index in [9.17, 15) is 5.26 Å². The molecule has 0 bridgehead atoms. The number of pyridine rings is 1. The van der Waals surface area contributed by atoms with Crippen molar-refractivity contribution in [1.82, 2.24) is 4.98 Å². The monoisotopic (exact) mass is 348 g/mol. The normalized spacial score (nSPS) is 12.3. The molecule has 0 aliphatic heterocycles. The first-order valence-electron chi connectivity index (χ1n) is 8.24. The molecule has 0 unspecified atom stereocenters. The molecule has 0 saturated heterocycles. The van der Waals surface area contributed by atoms with Gasteiger partial charge >= 0.3 is 0 Å². The molecular formula is C20H24N6. The van der Waals surface area contributed by atoms with E-state index in [1.807, 2.05) is 12.1 Å². The van der Waals surface area contributed by atoms with Crippen LogP contribution in [0.25, 0.3) is 16.8 Å². The molecule has 134 valence electrons. The molecule has 1 aromatic heterocycles. The van der Waals surface area contributed by atoms with Gasteiger partial charge in [-0.3, -0.25) is 4.99 Å².